The monoisotopic (exact) mass is 466 g/mol. The minimum atomic E-state index is -0.382. The molecular weight excluding hydrogens is 444 g/mol. The molecule has 0 radical (unpaired) electrons. The van der Waals surface area contributed by atoms with Gasteiger partial charge in [-0.3, -0.25) is 19.1 Å². The van der Waals surface area contributed by atoms with Crippen LogP contribution in [0.3, 0.4) is 0 Å². The van der Waals surface area contributed by atoms with Crippen LogP contribution in [0.1, 0.15) is 54.2 Å². The van der Waals surface area contributed by atoms with Gasteiger partial charge in [-0.25, -0.2) is 0 Å². The summed E-state index contributed by atoms with van der Waals surface area (Å²) in [6.07, 6.45) is 4.60. The zero-order chi connectivity index (χ0) is 22.1. The summed E-state index contributed by atoms with van der Waals surface area (Å²) in [5.41, 5.74) is 1.47. The molecule has 164 valence electrons. The van der Waals surface area contributed by atoms with Crippen LogP contribution in [0.15, 0.2) is 59.8 Å². The Morgan fingerprint density at radius 3 is 2.44 bits per heavy atom. The van der Waals surface area contributed by atoms with Crippen molar-refractivity contribution in [3.05, 3.63) is 71.0 Å². The summed E-state index contributed by atoms with van der Waals surface area (Å²) in [6, 6.07) is 16.7. The van der Waals surface area contributed by atoms with E-state index in [4.69, 9.17) is 11.6 Å². The number of hydrogen-bond acceptors (Lipinski definition) is 5. The molecule has 0 unspecified atom stereocenters. The molecule has 6 nitrogen and oxygen atoms in total. The highest BCUT2D eigenvalue weighted by molar-refractivity contribution is 8.00. The van der Waals surface area contributed by atoms with E-state index in [9.17, 15) is 9.59 Å². The van der Waals surface area contributed by atoms with Gasteiger partial charge in [0.2, 0.25) is 5.91 Å². The Labute approximate surface area is 196 Å². The lowest BCUT2D eigenvalue weighted by Crippen LogP contribution is -2.41. The summed E-state index contributed by atoms with van der Waals surface area (Å²) in [4.78, 5) is 27.9. The van der Waals surface area contributed by atoms with E-state index in [1.807, 2.05) is 30.3 Å². The van der Waals surface area contributed by atoms with Crippen LogP contribution in [0.2, 0.25) is 5.02 Å². The van der Waals surface area contributed by atoms with Gasteiger partial charge >= 0.3 is 0 Å². The van der Waals surface area contributed by atoms with E-state index in [1.54, 1.807) is 24.3 Å². The molecule has 2 aliphatic rings. The molecular formula is C24H23ClN4O2S. The number of carbonyl (C=O) groups is 2. The number of imide groups is 1. The topological polar surface area (TPSA) is 68.1 Å². The Morgan fingerprint density at radius 1 is 0.969 bits per heavy atom. The first kappa shape index (κ1) is 21.2. The maximum atomic E-state index is 13.4. The number of benzene rings is 2. The molecule has 2 heterocycles. The molecule has 0 bridgehead atoms. The molecule has 2 fully saturated rings. The fraction of sp³-hybridized carbons (Fsp3) is 0.333. The zero-order valence-corrected chi connectivity index (χ0v) is 19.1. The highest BCUT2D eigenvalue weighted by atomic mass is 35.5. The molecule has 3 aromatic rings. The van der Waals surface area contributed by atoms with E-state index < -0.39 is 0 Å². The molecule has 2 aromatic carbocycles. The maximum Gasteiger partial charge on any atom is 0.260 e. The Morgan fingerprint density at radius 2 is 1.72 bits per heavy atom. The first-order valence-corrected chi connectivity index (χ1v) is 12.2. The lowest BCUT2D eigenvalue weighted by atomic mass is 10.2. The van der Waals surface area contributed by atoms with Crippen molar-refractivity contribution in [3.8, 4) is 5.69 Å². The summed E-state index contributed by atoms with van der Waals surface area (Å²) in [5, 5.41) is 9.81. The van der Waals surface area contributed by atoms with E-state index in [1.165, 1.54) is 16.7 Å². The van der Waals surface area contributed by atoms with Crippen molar-refractivity contribution in [1.29, 1.82) is 0 Å². The summed E-state index contributed by atoms with van der Waals surface area (Å²) in [6.45, 7) is 0.427. The van der Waals surface area contributed by atoms with Gasteiger partial charge in [-0.05, 0) is 62.1 Å². The summed E-state index contributed by atoms with van der Waals surface area (Å²) in [5.74, 6) is 0.934. The van der Waals surface area contributed by atoms with Gasteiger partial charge in [0.15, 0.2) is 5.16 Å². The molecule has 1 atom stereocenters. The van der Waals surface area contributed by atoms with Crippen molar-refractivity contribution in [2.75, 3.05) is 6.54 Å². The van der Waals surface area contributed by atoms with Gasteiger partial charge in [-0.15, -0.1) is 10.2 Å². The smallest absolute Gasteiger partial charge is 0.260 e. The van der Waals surface area contributed by atoms with Gasteiger partial charge in [0.05, 0.1) is 5.25 Å². The van der Waals surface area contributed by atoms with Crippen LogP contribution in [0.25, 0.3) is 5.69 Å². The number of thioether (sulfide) groups is 1. The minimum absolute atomic E-state index is 0.164. The van der Waals surface area contributed by atoms with Crippen molar-refractivity contribution >= 4 is 35.2 Å². The number of carbonyl (C=O) groups excluding carboxylic acids is 2. The highest BCUT2D eigenvalue weighted by Gasteiger charge is 2.35. The van der Waals surface area contributed by atoms with Crippen LogP contribution in [-0.2, 0) is 4.79 Å². The van der Waals surface area contributed by atoms with Gasteiger partial charge < -0.3 is 0 Å². The van der Waals surface area contributed by atoms with Gasteiger partial charge in [-0.1, -0.05) is 48.0 Å². The third-order valence-electron chi connectivity index (χ3n) is 5.84. The second kappa shape index (κ2) is 9.08. The van der Waals surface area contributed by atoms with Crippen molar-refractivity contribution in [1.82, 2.24) is 19.7 Å². The van der Waals surface area contributed by atoms with Crippen LogP contribution in [-0.4, -0.2) is 43.3 Å². The average molecular weight is 467 g/mol. The van der Waals surface area contributed by atoms with Crippen LogP contribution in [0, 0.1) is 0 Å². The fourth-order valence-electron chi connectivity index (χ4n) is 3.98. The molecule has 0 N–H and O–H groups in total. The Balaban J connectivity index is 1.42. The minimum Gasteiger partial charge on any atom is -0.278 e. The lowest BCUT2D eigenvalue weighted by Gasteiger charge is -2.22. The standard InChI is InChI=1S/C24H23ClN4O2S/c25-18-13-11-17(12-14-18)22(30)28-15-5-4-8-20(23(28)31)32-24-27-26-21(16-9-10-16)29(24)19-6-2-1-3-7-19/h1-3,6-7,11-14,16,20H,4-5,8-10,15H2/t20-/m1/s1. The number of para-hydroxylation sites is 1. The van der Waals surface area contributed by atoms with E-state index in [0.717, 1.165) is 37.2 Å². The second-order valence-corrected chi connectivity index (χ2v) is 9.80. The quantitative estimate of drug-likeness (QED) is 0.488. The number of nitrogens with zero attached hydrogens (tertiary/aromatic N) is 4. The van der Waals surface area contributed by atoms with Crippen LogP contribution in [0.4, 0.5) is 0 Å². The Hall–Kier alpha value is -2.64. The highest BCUT2D eigenvalue weighted by Crippen LogP contribution is 2.42. The third-order valence-corrected chi connectivity index (χ3v) is 7.29. The van der Waals surface area contributed by atoms with Gasteiger partial charge in [-0.2, -0.15) is 0 Å². The molecule has 5 rings (SSSR count). The van der Waals surface area contributed by atoms with Crippen LogP contribution >= 0.6 is 23.4 Å². The van der Waals surface area contributed by atoms with Crippen LogP contribution < -0.4 is 0 Å². The van der Waals surface area contributed by atoms with Crippen molar-refractivity contribution < 1.29 is 9.59 Å². The number of hydrogen-bond donors (Lipinski definition) is 0. The Kier molecular flexibility index (Phi) is 6.02. The number of halogens is 1. The molecule has 1 saturated carbocycles. The zero-order valence-electron chi connectivity index (χ0n) is 17.5. The van der Waals surface area contributed by atoms with Crippen molar-refractivity contribution in [2.24, 2.45) is 0 Å². The molecule has 1 aliphatic carbocycles. The molecule has 1 saturated heterocycles. The van der Waals surface area contributed by atoms with E-state index in [2.05, 4.69) is 14.8 Å². The van der Waals surface area contributed by atoms with E-state index in [-0.39, 0.29) is 17.1 Å². The Bertz CT molecular complexity index is 1130. The number of rotatable bonds is 5. The largest absolute Gasteiger partial charge is 0.278 e. The predicted molar refractivity (Wildman–Crippen MR) is 124 cm³/mol. The van der Waals surface area contributed by atoms with Gasteiger partial charge in [0.25, 0.3) is 5.91 Å². The molecule has 0 spiro atoms. The first-order valence-electron chi connectivity index (χ1n) is 10.9. The number of amides is 2. The van der Waals surface area contributed by atoms with Crippen LogP contribution in [0.5, 0.6) is 0 Å². The van der Waals surface area contributed by atoms with Crippen molar-refractivity contribution in [3.63, 3.8) is 0 Å². The number of likely N-dealkylation sites (tertiary alicyclic amines) is 1. The number of aromatic nitrogens is 3. The maximum absolute atomic E-state index is 13.4. The van der Waals surface area contributed by atoms with Gasteiger partial charge in [0.1, 0.15) is 5.82 Å². The fourth-order valence-corrected chi connectivity index (χ4v) is 5.26. The predicted octanol–water partition coefficient (Wildman–Crippen LogP) is 5.11. The molecule has 1 aliphatic heterocycles. The lowest BCUT2D eigenvalue weighted by molar-refractivity contribution is -0.127. The van der Waals surface area contributed by atoms with Crippen molar-refractivity contribution in [2.45, 2.75) is 48.4 Å². The molecule has 32 heavy (non-hydrogen) atoms. The normalized spacial score (nSPS) is 19.1. The summed E-state index contributed by atoms with van der Waals surface area (Å²) < 4.78 is 2.08. The summed E-state index contributed by atoms with van der Waals surface area (Å²) >= 11 is 7.37. The SMILES string of the molecule is O=C(c1ccc(Cl)cc1)N1CCCC[C@@H](Sc2nnc(C3CC3)n2-c2ccccc2)C1=O. The molecule has 2 amide bonds. The molecule has 1 aromatic heterocycles. The van der Waals surface area contributed by atoms with Gasteiger partial charge in [0, 0.05) is 28.7 Å². The second-order valence-electron chi connectivity index (χ2n) is 8.19. The average Bonchev–Trinajstić information content (AvgIpc) is 3.60. The third kappa shape index (κ3) is 4.32. The summed E-state index contributed by atoms with van der Waals surface area (Å²) in [7, 11) is 0. The first-order chi connectivity index (χ1) is 15.6. The molecule has 8 heteroatoms. The van der Waals surface area contributed by atoms with E-state index in [0.29, 0.717) is 34.6 Å². The van der Waals surface area contributed by atoms with E-state index >= 15 is 0 Å².